The summed E-state index contributed by atoms with van der Waals surface area (Å²) in [5, 5.41) is 6.09. The maximum absolute atomic E-state index is 4.12. The summed E-state index contributed by atoms with van der Waals surface area (Å²) in [6, 6.07) is 14.9. The van der Waals surface area contributed by atoms with Crippen LogP contribution in [0.5, 0.6) is 0 Å². The number of fused-ring (bicyclic) bond motifs is 1. The minimum Gasteiger partial charge on any atom is -0.337 e. The van der Waals surface area contributed by atoms with E-state index in [9.17, 15) is 0 Å². The predicted molar refractivity (Wildman–Crippen MR) is 77.7 cm³/mol. The molecule has 0 unspecified atom stereocenters. The Labute approximate surface area is 112 Å². The molecule has 1 aromatic heterocycles. The van der Waals surface area contributed by atoms with E-state index in [0.717, 1.165) is 13.1 Å². The summed E-state index contributed by atoms with van der Waals surface area (Å²) in [7, 11) is 2.02. The predicted octanol–water partition coefficient (Wildman–Crippen LogP) is 2.86. The van der Waals surface area contributed by atoms with Gasteiger partial charge in [-0.1, -0.05) is 42.5 Å². The van der Waals surface area contributed by atoms with Crippen molar-refractivity contribution in [2.24, 2.45) is 7.05 Å². The van der Waals surface area contributed by atoms with Crippen LogP contribution in [0.2, 0.25) is 0 Å². The first-order chi connectivity index (χ1) is 9.34. The van der Waals surface area contributed by atoms with Gasteiger partial charge in [0.2, 0.25) is 0 Å². The first-order valence-corrected chi connectivity index (χ1v) is 6.47. The lowest BCUT2D eigenvalue weighted by Crippen LogP contribution is -2.14. The van der Waals surface area contributed by atoms with Crippen LogP contribution in [0, 0.1) is 0 Å². The number of hydrogen-bond acceptors (Lipinski definition) is 2. The number of aryl methyl sites for hydroxylation is 1. The zero-order chi connectivity index (χ0) is 13.1. The van der Waals surface area contributed by atoms with Crippen LogP contribution in [0.3, 0.4) is 0 Å². The molecule has 2 aromatic carbocycles. The molecule has 3 aromatic rings. The van der Waals surface area contributed by atoms with E-state index in [1.54, 1.807) is 0 Å². The fourth-order valence-corrected chi connectivity index (χ4v) is 2.33. The molecule has 0 aliphatic rings. The summed E-state index contributed by atoms with van der Waals surface area (Å²) in [4.78, 5) is 4.12. The Hall–Kier alpha value is -2.13. The lowest BCUT2D eigenvalue weighted by atomic mass is 10.0. The van der Waals surface area contributed by atoms with Crippen molar-refractivity contribution in [2.45, 2.75) is 13.1 Å². The highest BCUT2D eigenvalue weighted by Gasteiger charge is 2.01. The van der Waals surface area contributed by atoms with Crippen molar-refractivity contribution in [3.8, 4) is 0 Å². The molecule has 0 spiro atoms. The Morgan fingerprint density at radius 1 is 1.05 bits per heavy atom. The third-order valence-electron chi connectivity index (χ3n) is 3.42. The molecule has 0 saturated carbocycles. The van der Waals surface area contributed by atoms with Crippen molar-refractivity contribution in [3.63, 3.8) is 0 Å². The van der Waals surface area contributed by atoms with Gasteiger partial charge in [0.05, 0.1) is 12.0 Å². The molecule has 0 saturated heterocycles. The van der Waals surface area contributed by atoms with Crippen molar-refractivity contribution < 1.29 is 0 Å². The summed E-state index contributed by atoms with van der Waals surface area (Å²) in [5.41, 5.74) is 2.53. The third kappa shape index (κ3) is 2.51. The molecular weight excluding hydrogens is 234 g/mol. The number of aromatic nitrogens is 2. The van der Waals surface area contributed by atoms with Crippen molar-refractivity contribution >= 4 is 10.8 Å². The highest BCUT2D eigenvalue weighted by atomic mass is 15.0. The largest absolute Gasteiger partial charge is 0.337 e. The number of rotatable bonds is 4. The van der Waals surface area contributed by atoms with Crippen LogP contribution >= 0.6 is 0 Å². The van der Waals surface area contributed by atoms with Crippen LogP contribution in [0.15, 0.2) is 55.0 Å². The first kappa shape index (κ1) is 11.9. The van der Waals surface area contributed by atoms with E-state index < -0.39 is 0 Å². The van der Waals surface area contributed by atoms with Crippen molar-refractivity contribution in [1.82, 2.24) is 14.9 Å². The van der Waals surface area contributed by atoms with Crippen molar-refractivity contribution in [3.05, 3.63) is 66.2 Å². The van der Waals surface area contributed by atoms with Gasteiger partial charge in [0.1, 0.15) is 0 Å². The van der Waals surface area contributed by atoms with E-state index >= 15 is 0 Å². The Morgan fingerprint density at radius 3 is 2.74 bits per heavy atom. The molecule has 0 fully saturated rings. The van der Waals surface area contributed by atoms with E-state index in [-0.39, 0.29) is 0 Å². The molecule has 19 heavy (non-hydrogen) atoms. The van der Waals surface area contributed by atoms with Crippen LogP contribution in [-0.2, 0) is 20.1 Å². The molecule has 0 aliphatic heterocycles. The molecule has 1 heterocycles. The summed E-state index contributed by atoms with van der Waals surface area (Å²) >= 11 is 0. The van der Waals surface area contributed by atoms with Crippen molar-refractivity contribution in [2.75, 3.05) is 0 Å². The van der Waals surface area contributed by atoms with Gasteiger partial charge in [0.25, 0.3) is 0 Å². The molecule has 0 aliphatic carbocycles. The highest BCUT2D eigenvalue weighted by Crippen LogP contribution is 2.18. The topological polar surface area (TPSA) is 29.9 Å². The van der Waals surface area contributed by atoms with E-state index in [1.807, 2.05) is 24.1 Å². The summed E-state index contributed by atoms with van der Waals surface area (Å²) < 4.78 is 2.04. The van der Waals surface area contributed by atoms with Gasteiger partial charge in [-0.3, -0.25) is 0 Å². The highest BCUT2D eigenvalue weighted by molar-refractivity contribution is 5.85. The molecule has 0 radical (unpaired) electrons. The zero-order valence-corrected chi connectivity index (χ0v) is 11.0. The van der Waals surface area contributed by atoms with E-state index in [0.29, 0.717) is 0 Å². The first-order valence-electron chi connectivity index (χ1n) is 6.47. The molecule has 3 nitrogen and oxygen atoms in total. The standard InChI is InChI=1S/C16H17N3/c1-19-12-18-11-15(19)10-17-9-14-7-4-6-13-5-2-3-8-16(13)14/h2-8,11-12,17H,9-10H2,1H3. The Balaban J connectivity index is 1.74. The zero-order valence-electron chi connectivity index (χ0n) is 11.0. The fraction of sp³-hybridized carbons (Fsp3) is 0.188. The van der Waals surface area contributed by atoms with E-state index in [1.165, 1.54) is 22.0 Å². The van der Waals surface area contributed by atoms with Crippen LogP contribution < -0.4 is 5.32 Å². The fourth-order valence-electron chi connectivity index (χ4n) is 2.33. The van der Waals surface area contributed by atoms with Crippen LogP contribution in [0.1, 0.15) is 11.3 Å². The monoisotopic (exact) mass is 251 g/mol. The van der Waals surface area contributed by atoms with Gasteiger partial charge in [0.15, 0.2) is 0 Å². The summed E-state index contributed by atoms with van der Waals surface area (Å²) in [5.74, 6) is 0. The smallest absolute Gasteiger partial charge is 0.0945 e. The lowest BCUT2D eigenvalue weighted by molar-refractivity contribution is 0.657. The molecule has 0 atom stereocenters. The number of benzene rings is 2. The van der Waals surface area contributed by atoms with E-state index in [2.05, 4.69) is 52.8 Å². The minimum absolute atomic E-state index is 0.833. The van der Waals surface area contributed by atoms with Gasteiger partial charge in [-0.2, -0.15) is 0 Å². The van der Waals surface area contributed by atoms with Gasteiger partial charge in [-0.05, 0) is 16.3 Å². The van der Waals surface area contributed by atoms with Crippen LogP contribution in [-0.4, -0.2) is 9.55 Å². The Kier molecular flexibility index (Phi) is 3.29. The Bertz CT molecular complexity index is 680. The average molecular weight is 251 g/mol. The van der Waals surface area contributed by atoms with Gasteiger partial charge >= 0.3 is 0 Å². The maximum Gasteiger partial charge on any atom is 0.0945 e. The quantitative estimate of drug-likeness (QED) is 0.772. The normalized spacial score (nSPS) is 11.0. The number of imidazole rings is 1. The van der Waals surface area contributed by atoms with Gasteiger partial charge < -0.3 is 9.88 Å². The minimum atomic E-state index is 0.833. The lowest BCUT2D eigenvalue weighted by Gasteiger charge is -2.08. The van der Waals surface area contributed by atoms with Gasteiger partial charge in [-0.15, -0.1) is 0 Å². The number of nitrogens with zero attached hydrogens (tertiary/aromatic N) is 2. The molecule has 0 amide bonds. The summed E-state index contributed by atoms with van der Waals surface area (Å²) in [6.07, 6.45) is 3.73. The third-order valence-corrected chi connectivity index (χ3v) is 3.42. The second-order valence-electron chi connectivity index (χ2n) is 4.74. The SMILES string of the molecule is Cn1cncc1CNCc1cccc2ccccc12. The second kappa shape index (κ2) is 5.24. The van der Waals surface area contributed by atoms with E-state index in [4.69, 9.17) is 0 Å². The number of hydrogen-bond donors (Lipinski definition) is 1. The molecule has 3 heteroatoms. The Morgan fingerprint density at radius 2 is 1.89 bits per heavy atom. The average Bonchev–Trinajstić information content (AvgIpc) is 2.85. The van der Waals surface area contributed by atoms with Crippen LogP contribution in [0.4, 0.5) is 0 Å². The molecule has 96 valence electrons. The summed E-state index contributed by atoms with van der Waals surface area (Å²) in [6.45, 7) is 1.70. The molecular formula is C16H17N3. The molecule has 3 rings (SSSR count). The maximum atomic E-state index is 4.12. The second-order valence-corrected chi connectivity index (χ2v) is 4.74. The molecule has 0 bridgehead atoms. The van der Waals surface area contributed by atoms with Gasteiger partial charge in [-0.25, -0.2) is 4.98 Å². The van der Waals surface area contributed by atoms with Crippen LogP contribution in [0.25, 0.3) is 10.8 Å². The van der Waals surface area contributed by atoms with Gasteiger partial charge in [0, 0.05) is 26.3 Å². The number of nitrogens with one attached hydrogen (secondary N) is 1. The van der Waals surface area contributed by atoms with Crippen molar-refractivity contribution in [1.29, 1.82) is 0 Å². The molecule has 1 N–H and O–H groups in total.